The van der Waals surface area contributed by atoms with E-state index in [1.807, 2.05) is 6.92 Å². The number of hydrogen-bond acceptors (Lipinski definition) is 7. The highest BCUT2D eigenvalue weighted by molar-refractivity contribution is 6.34. The Hall–Kier alpha value is -3.73. The zero-order chi connectivity index (χ0) is 29.3. The topological polar surface area (TPSA) is 154 Å². The predicted molar refractivity (Wildman–Crippen MR) is 152 cm³/mol. The second-order valence-electron chi connectivity index (χ2n) is 9.82. The lowest BCUT2D eigenvalue weighted by molar-refractivity contribution is -0.153. The molecule has 2 heterocycles. The van der Waals surface area contributed by atoms with Crippen LogP contribution in [0.1, 0.15) is 68.9 Å². The number of carbonyl (C=O) groups is 4. The van der Waals surface area contributed by atoms with Gasteiger partial charge in [-0.25, -0.2) is 14.8 Å². The summed E-state index contributed by atoms with van der Waals surface area (Å²) in [7, 11) is 0. The van der Waals surface area contributed by atoms with Crippen LogP contribution in [0.3, 0.4) is 0 Å². The van der Waals surface area contributed by atoms with Crippen LogP contribution in [0.15, 0.2) is 30.5 Å². The number of carboxylic acid groups (broad SMARTS) is 1. The van der Waals surface area contributed by atoms with E-state index in [0.717, 1.165) is 19.3 Å². The molecule has 11 nitrogen and oxygen atoms in total. The molecule has 3 amide bonds. The third-order valence-electron chi connectivity index (χ3n) is 7.19. The zero-order valence-electron chi connectivity index (χ0n) is 23.1. The molecule has 0 aliphatic carbocycles. The van der Waals surface area contributed by atoms with E-state index in [9.17, 15) is 24.3 Å². The van der Waals surface area contributed by atoms with Crippen LogP contribution in [0, 0.1) is 5.41 Å². The van der Waals surface area contributed by atoms with Gasteiger partial charge in [-0.1, -0.05) is 44.5 Å². The van der Waals surface area contributed by atoms with Crippen molar-refractivity contribution in [1.29, 1.82) is 0 Å². The molecule has 1 aromatic heterocycles. The molecule has 40 heavy (non-hydrogen) atoms. The second kappa shape index (κ2) is 14.1. The van der Waals surface area contributed by atoms with Crippen molar-refractivity contribution < 1.29 is 24.3 Å². The van der Waals surface area contributed by atoms with Gasteiger partial charge in [0.2, 0.25) is 17.8 Å². The summed E-state index contributed by atoms with van der Waals surface area (Å²) < 4.78 is 0. The molecule has 1 fully saturated rings. The standard InChI is InChI=1S/C28H37ClN6O5/c1-4-13-30-27-31-17-20(29)22(34-27)23(36)32-19-11-9-18(10-12-19)16-21(24(37)38)33-25(39)28(5-2,6-3)26(40)35-14-7-8-15-35/h9-12,17,21H,4-8,13-16H2,1-3H3,(H,32,36)(H,33,39)(H,37,38)(H,30,31,34)/t21-/m0/s1. The van der Waals surface area contributed by atoms with Crippen molar-refractivity contribution in [1.82, 2.24) is 20.2 Å². The molecule has 1 saturated heterocycles. The SMILES string of the molecule is CCCNc1ncc(Cl)c(C(=O)Nc2ccc(C[C@H](NC(=O)C(CC)(CC)C(=O)N3CCCC3)C(=O)O)cc2)n1. The molecule has 0 spiro atoms. The van der Waals surface area contributed by atoms with Gasteiger partial charge in [-0.3, -0.25) is 14.4 Å². The minimum atomic E-state index is -1.31. The number of nitrogens with one attached hydrogen (secondary N) is 3. The maximum Gasteiger partial charge on any atom is 0.326 e. The van der Waals surface area contributed by atoms with Crippen LogP contribution in [-0.2, 0) is 20.8 Å². The van der Waals surface area contributed by atoms with Gasteiger partial charge in [0.25, 0.3) is 5.91 Å². The van der Waals surface area contributed by atoms with Crippen LogP contribution in [-0.4, -0.2) is 69.3 Å². The van der Waals surface area contributed by atoms with Crippen LogP contribution in [0.2, 0.25) is 5.02 Å². The smallest absolute Gasteiger partial charge is 0.326 e. The van der Waals surface area contributed by atoms with Crippen molar-refractivity contribution in [2.75, 3.05) is 30.3 Å². The Labute approximate surface area is 239 Å². The molecule has 1 atom stereocenters. The summed E-state index contributed by atoms with van der Waals surface area (Å²) in [6.45, 7) is 7.41. The number of carbonyl (C=O) groups excluding carboxylic acids is 3. The monoisotopic (exact) mass is 572 g/mol. The highest BCUT2D eigenvalue weighted by Crippen LogP contribution is 2.31. The van der Waals surface area contributed by atoms with Gasteiger partial charge in [-0.15, -0.1) is 0 Å². The lowest BCUT2D eigenvalue weighted by Gasteiger charge is -2.34. The highest BCUT2D eigenvalue weighted by atomic mass is 35.5. The summed E-state index contributed by atoms with van der Waals surface area (Å²) in [6, 6.07) is 5.34. The molecule has 3 rings (SSSR count). The molecule has 12 heteroatoms. The maximum absolute atomic E-state index is 13.4. The van der Waals surface area contributed by atoms with E-state index < -0.39 is 29.2 Å². The summed E-state index contributed by atoms with van der Waals surface area (Å²) in [4.78, 5) is 61.4. The Morgan fingerprint density at radius 3 is 2.30 bits per heavy atom. The van der Waals surface area contributed by atoms with E-state index in [2.05, 4.69) is 25.9 Å². The van der Waals surface area contributed by atoms with Crippen molar-refractivity contribution in [3.63, 3.8) is 0 Å². The molecular formula is C28H37ClN6O5. The van der Waals surface area contributed by atoms with Gasteiger partial charge in [-0.2, -0.15) is 0 Å². The van der Waals surface area contributed by atoms with Gasteiger partial charge in [0.15, 0.2) is 5.69 Å². The van der Waals surface area contributed by atoms with Gasteiger partial charge in [0, 0.05) is 31.7 Å². The number of nitrogens with zero attached hydrogens (tertiary/aromatic N) is 3. The average Bonchev–Trinajstić information content (AvgIpc) is 3.49. The van der Waals surface area contributed by atoms with E-state index in [1.165, 1.54) is 6.20 Å². The number of aliphatic carboxylic acids is 1. The fourth-order valence-electron chi connectivity index (χ4n) is 4.69. The normalized spacial score (nSPS) is 13.9. The molecule has 216 valence electrons. The molecule has 0 saturated carbocycles. The quantitative estimate of drug-likeness (QED) is 0.265. The Morgan fingerprint density at radius 2 is 1.73 bits per heavy atom. The van der Waals surface area contributed by atoms with E-state index in [-0.39, 0.29) is 35.9 Å². The molecular weight excluding hydrogens is 536 g/mol. The third kappa shape index (κ3) is 7.26. The first-order valence-corrected chi connectivity index (χ1v) is 14.0. The number of carboxylic acids is 1. The number of aromatic nitrogens is 2. The highest BCUT2D eigenvalue weighted by Gasteiger charge is 2.46. The lowest BCUT2D eigenvalue weighted by atomic mass is 9.79. The van der Waals surface area contributed by atoms with Crippen molar-refractivity contribution in [3.05, 3.63) is 46.7 Å². The predicted octanol–water partition coefficient (Wildman–Crippen LogP) is 3.74. The largest absolute Gasteiger partial charge is 0.480 e. The van der Waals surface area contributed by atoms with Crippen LogP contribution < -0.4 is 16.0 Å². The number of likely N-dealkylation sites (tertiary alicyclic amines) is 1. The van der Waals surface area contributed by atoms with Crippen LogP contribution in [0.5, 0.6) is 0 Å². The zero-order valence-corrected chi connectivity index (χ0v) is 23.9. The number of anilines is 2. The molecule has 0 unspecified atom stereocenters. The van der Waals surface area contributed by atoms with E-state index >= 15 is 0 Å². The fourth-order valence-corrected chi connectivity index (χ4v) is 4.87. The van der Waals surface area contributed by atoms with Crippen molar-refractivity contribution in [2.24, 2.45) is 5.41 Å². The third-order valence-corrected chi connectivity index (χ3v) is 7.47. The van der Waals surface area contributed by atoms with Crippen molar-refractivity contribution in [2.45, 2.75) is 65.3 Å². The maximum atomic E-state index is 13.4. The average molecular weight is 573 g/mol. The minimum absolute atomic E-state index is 0.000902. The second-order valence-corrected chi connectivity index (χ2v) is 10.2. The molecule has 4 N–H and O–H groups in total. The fraction of sp³-hybridized carbons (Fsp3) is 0.500. The molecule has 1 aliphatic rings. The van der Waals surface area contributed by atoms with Crippen LogP contribution >= 0.6 is 11.6 Å². The molecule has 0 radical (unpaired) electrons. The Morgan fingerprint density at radius 1 is 1.07 bits per heavy atom. The number of hydrogen-bond donors (Lipinski definition) is 4. The van der Waals surface area contributed by atoms with Gasteiger partial charge in [-0.05, 0) is 49.8 Å². The number of halogens is 1. The molecule has 2 aromatic rings. The van der Waals surface area contributed by atoms with E-state index in [4.69, 9.17) is 11.6 Å². The number of amides is 3. The summed E-state index contributed by atoms with van der Waals surface area (Å²) in [5.41, 5.74) is -0.205. The molecule has 1 aromatic carbocycles. The first-order chi connectivity index (χ1) is 19.1. The molecule has 0 bridgehead atoms. The summed E-state index contributed by atoms with van der Waals surface area (Å²) in [5.74, 6) is -2.24. The van der Waals surface area contributed by atoms with Crippen LogP contribution in [0.4, 0.5) is 11.6 Å². The van der Waals surface area contributed by atoms with Crippen molar-refractivity contribution >= 4 is 46.9 Å². The van der Waals surface area contributed by atoms with Gasteiger partial charge >= 0.3 is 5.97 Å². The van der Waals surface area contributed by atoms with E-state index in [0.29, 0.717) is 36.8 Å². The van der Waals surface area contributed by atoms with Gasteiger partial charge in [0.1, 0.15) is 11.5 Å². The van der Waals surface area contributed by atoms with E-state index in [1.54, 1.807) is 43.0 Å². The van der Waals surface area contributed by atoms with Gasteiger partial charge < -0.3 is 26.0 Å². The summed E-state index contributed by atoms with van der Waals surface area (Å²) >= 11 is 6.13. The first-order valence-electron chi connectivity index (χ1n) is 13.6. The van der Waals surface area contributed by atoms with Gasteiger partial charge in [0.05, 0.1) is 11.2 Å². The molecule has 1 aliphatic heterocycles. The first kappa shape index (κ1) is 30.8. The summed E-state index contributed by atoms with van der Waals surface area (Å²) in [6.07, 6.45) is 4.57. The summed E-state index contributed by atoms with van der Waals surface area (Å²) in [5, 5.41) is 18.3. The lowest BCUT2D eigenvalue weighted by Crippen LogP contribution is -2.55. The van der Waals surface area contributed by atoms with Crippen LogP contribution in [0.25, 0.3) is 0 Å². The Kier molecular flexibility index (Phi) is 10.8. The Balaban J connectivity index is 1.68. The number of rotatable bonds is 13. The minimum Gasteiger partial charge on any atom is -0.480 e. The van der Waals surface area contributed by atoms with Crippen molar-refractivity contribution in [3.8, 4) is 0 Å². The number of benzene rings is 1. The Bertz CT molecular complexity index is 1210.